The maximum absolute atomic E-state index is 5.70. The predicted molar refractivity (Wildman–Crippen MR) is 78.6 cm³/mol. The van der Waals surface area contributed by atoms with Gasteiger partial charge in [0.25, 0.3) is 0 Å². The molecule has 0 aliphatic heterocycles. The van der Waals surface area contributed by atoms with Crippen LogP contribution in [-0.2, 0) is 4.12 Å². The van der Waals surface area contributed by atoms with Gasteiger partial charge in [-0.05, 0) is 22.5 Å². The van der Waals surface area contributed by atoms with Gasteiger partial charge in [0.2, 0.25) is 18.8 Å². The molecular formula is C14H14OSi2. The number of benzene rings is 2. The molecule has 0 unspecified atom stereocenters. The summed E-state index contributed by atoms with van der Waals surface area (Å²) in [7, 11) is -0.0799. The van der Waals surface area contributed by atoms with Crippen LogP contribution in [0.15, 0.2) is 60.7 Å². The van der Waals surface area contributed by atoms with Gasteiger partial charge in [-0.25, -0.2) is 0 Å². The first-order valence-electron chi connectivity index (χ1n) is 5.54. The first kappa shape index (κ1) is 11.9. The zero-order valence-electron chi connectivity index (χ0n) is 9.49. The molecule has 2 aromatic rings. The van der Waals surface area contributed by atoms with Crippen LogP contribution in [0.5, 0.6) is 0 Å². The van der Waals surface area contributed by atoms with Gasteiger partial charge in [0, 0.05) is 0 Å². The Morgan fingerprint density at radius 3 is 1.47 bits per heavy atom. The normalized spacial score (nSPS) is 11.1. The quantitative estimate of drug-likeness (QED) is 0.750. The zero-order valence-corrected chi connectivity index (χ0v) is 11.8. The second-order valence-corrected chi connectivity index (χ2v) is 5.86. The smallest absolute Gasteiger partial charge is 0.205 e. The summed E-state index contributed by atoms with van der Waals surface area (Å²) >= 11 is 0. The third-order valence-electron chi connectivity index (χ3n) is 2.28. The SMILES string of the molecule is C(=[SiH]\O/[SiH]=C/c1ccccc1)/c1ccccc1. The Balaban J connectivity index is 1.84. The van der Waals surface area contributed by atoms with Crippen LogP contribution in [0.4, 0.5) is 0 Å². The van der Waals surface area contributed by atoms with Gasteiger partial charge in [-0.15, -0.1) is 0 Å². The lowest BCUT2D eigenvalue weighted by Crippen LogP contribution is -1.97. The van der Waals surface area contributed by atoms with Gasteiger partial charge >= 0.3 is 0 Å². The van der Waals surface area contributed by atoms with E-state index >= 15 is 0 Å². The summed E-state index contributed by atoms with van der Waals surface area (Å²) in [5.74, 6) is 0. The van der Waals surface area contributed by atoms with E-state index in [-0.39, 0.29) is 18.8 Å². The van der Waals surface area contributed by atoms with Gasteiger partial charge in [-0.1, -0.05) is 60.7 Å². The average Bonchev–Trinajstić information content (AvgIpc) is 2.41. The minimum absolute atomic E-state index is 0.0400. The zero-order chi connectivity index (χ0) is 11.8. The first-order chi connectivity index (χ1) is 8.45. The fourth-order valence-electron chi connectivity index (χ4n) is 1.41. The monoisotopic (exact) mass is 254 g/mol. The molecule has 0 spiro atoms. The Morgan fingerprint density at radius 1 is 0.647 bits per heavy atom. The van der Waals surface area contributed by atoms with Crippen LogP contribution in [0.3, 0.4) is 0 Å². The van der Waals surface area contributed by atoms with E-state index in [9.17, 15) is 0 Å². The van der Waals surface area contributed by atoms with E-state index in [4.69, 9.17) is 4.12 Å². The van der Waals surface area contributed by atoms with Gasteiger partial charge in [0.05, 0.1) is 0 Å². The average molecular weight is 254 g/mol. The summed E-state index contributed by atoms with van der Waals surface area (Å²) in [6.07, 6.45) is 0. The van der Waals surface area contributed by atoms with Crippen LogP contribution in [0, 0.1) is 0 Å². The molecule has 0 saturated heterocycles. The standard InChI is InChI=1S/C14H14OSi2/c1-3-7-13(8-4-1)11-16-15-17-12-14-9-5-2-6-10-14/h1-12,16-17H/b16-11+,17-12+. The minimum atomic E-state index is -0.0400. The van der Waals surface area contributed by atoms with Crippen LogP contribution in [0.25, 0.3) is 0 Å². The van der Waals surface area contributed by atoms with Gasteiger partial charge in [-0.2, -0.15) is 0 Å². The Kier molecular flexibility index (Phi) is 4.81. The molecule has 2 aromatic carbocycles. The van der Waals surface area contributed by atoms with Crippen molar-refractivity contribution in [1.82, 2.24) is 0 Å². The largest absolute Gasteiger partial charge is 0.583 e. The molecule has 0 fully saturated rings. The molecule has 3 heteroatoms. The second kappa shape index (κ2) is 6.88. The molecule has 0 aromatic heterocycles. The van der Waals surface area contributed by atoms with E-state index in [1.807, 2.05) is 36.4 Å². The lowest BCUT2D eigenvalue weighted by molar-refractivity contribution is 0.681. The predicted octanol–water partition coefficient (Wildman–Crippen LogP) is 1.41. The van der Waals surface area contributed by atoms with Gasteiger partial charge in [0.1, 0.15) is 0 Å². The van der Waals surface area contributed by atoms with E-state index in [2.05, 4.69) is 35.6 Å². The summed E-state index contributed by atoms with van der Waals surface area (Å²) in [6, 6.07) is 20.7. The fraction of sp³-hybridized carbons (Fsp3) is 0. The van der Waals surface area contributed by atoms with Gasteiger partial charge in [0.15, 0.2) is 0 Å². The number of rotatable bonds is 4. The summed E-state index contributed by atoms with van der Waals surface area (Å²) in [5.41, 5.74) is 6.88. The third-order valence-corrected chi connectivity index (χ3v) is 4.58. The molecule has 0 aliphatic carbocycles. The van der Waals surface area contributed by atoms with Crippen LogP contribution in [0.2, 0.25) is 0 Å². The van der Waals surface area contributed by atoms with E-state index in [1.54, 1.807) is 0 Å². The molecule has 0 saturated carbocycles. The highest BCUT2D eigenvalue weighted by Crippen LogP contribution is 1.93. The summed E-state index contributed by atoms with van der Waals surface area (Å²) in [5, 5.41) is 0. The first-order valence-corrected chi connectivity index (χ1v) is 7.81. The third kappa shape index (κ3) is 4.42. The Hall–Kier alpha value is -1.59. The Labute approximate surface area is 106 Å². The molecule has 0 aliphatic rings. The maximum atomic E-state index is 5.70. The summed E-state index contributed by atoms with van der Waals surface area (Å²) in [6.45, 7) is 0. The molecule has 0 heterocycles. The van der Waals surface area contributed by atoms with Gasteiger partial charge in [-0.3, -0.25) is 0 Å². The maximum Gasteiger partial charge on any atom is 0.205 e. The van der Waals surface area contributed by atoms with E-state index in [1.165, 1.54) is 11.1 Å². The molecule has 84 valence electrons. The molecule has 0 amide bonds. The molecule has 0 atom stereocenters. The van der Waals surface area contributed by atoms with Crippen molar-refractivity contribution in [3.05, 3.63) is 71.8 Å². The highest BCUT2D eigenvalue weighted by atomic mass is 28.3. The topological polar surface area (TPSA) is 9.23 Å². The van der Waals surface area contributed by atoms with Crippen molar-refractivity contribution in [1.29, 1.82) is 0 Å². The van der Waals surface area contributed by atoms with Crippen LogP contribution < -0.4 is 0 Å². The van der Waals surface area contributed by atoms with Crippen molar-refractivity contribution in [2.24, 2.45) is 0 Å². The molecule has 0 radical (unpaired) electrons. The summed E-state index contributed by atoms with van der Waals surface area (Å²) in [4.78, 5) is 0. The second-order valence-electron chi connectivity index (χ2n) is 3.56. The lowest BCUT2D eigenvalue weighted by Gasteiger charge is -1.93. The van der Waals surface area contributed by atoms with Crippen LogP contribution in [0.1, 0.15) is 11.1 Å². The molecule has 0 N–H and O–H groups in total. The van der Waals surface area contributed by atoms with E-state index in [0.29, 0.717) is 0 Å². The molecule has 1 nitrogen and oxygen atoms in total. The highest BCUT2D eigenvalue weighted by molar-refractivity contribution is 6.56. The van der Waals surface area contributed by atoms with Crippen molar-refractivity contribution in [3.8, 4) is 0 Å². The fourth-order valence-corrected chi connectivity index (χ4v) is 3.16. The van der Waals surface area contributed by atoms with Crippen LogP contribution in [-0.4, -0.2) is 30.1 Å². The van der Waals surface area contributed by atoms with Gasteiger partial charge < -0.3 is 4.12 Å². The molecule has 2 rings (SSSR count). The van der Waals surface area contributed by atoms with E-state index < -0.39 is 0 Å². The number of hydrogen-bond acceptors (Lipinski definition) is 1. The lowest BCUT2D eigenvalue weighted by atomic mass is 10.2. The Bertz CT molecular complexity index is 445. The van der Waals surface area contributed by atoms with Crippen molar-refractivity contribution < 1.29 is 4.12 Å². The minimum Gasteiger partial charge on any atom is -0.583 e. The van der Waals surface area contributed by atoms with E-state index in [0.717, 1.165) is 0 Å². The highest BCUT2D eigenvalue weighted by Gasteiger charge is 1.83. The molecular weight excluding hydrogens is 240 g/mol. The Morgan fingerprint density at radius 2 is 1.06 bits per heavy atom. The van der Waals surface area contributed by atoms with Crippen molar-refractivity contribution >= 4 is 30.1 Å². The summed E-state index contributed by atoms with van der Waals surface area (Å²) < 4.78 is 5.70. The molecule has 17 heavy (non-hydrogen) atoms. The molecule has 0 bridgehead atoms. The van der Waals surface area contributed by atoms with Crippen molar-refractivity contribution in [2.75, 3.05) is 0 Å². The van der Waals surface area contributed by atoms with Crippen LogP contribution >= 0.6 is 0 Å². The van der Waals surface area contributed by atoms with Crippen molar-refractivity contribution in [2.45, 2.75) is 0 Å². The number of hydrogen-bond donors (Lipinski definition) is 0. The van der Waals surface area contributed by atoms with Crippen molar-refractivity contribution in [3.63, 3.8) is 0 Å².